The van der Waals surface area contributed by atoms with Gasteiger partial charge in [0.1, 0.15) is 10.7 Å². The van der Waals surface area contributed by atoms with Crippen LogP contribution in [-0.2, 0) is 16.4 Å². The molecular formula is C17H21ClFN3O2S. The van der Waals surface area contributed by atoms with Gasteiger partial charge in [0.15, 0.2) is 0 Å². The van der Waals surface area contributed by atoms with Gasteiger partial charge in [0.25, 0.3) is 0 Å². The minimum absolute atomic E-state index is 0.121. The Morgan fingerprint density at radius 3 is 2.56 bits per heavy atom. The summed E-state index contributed by atoms with van der Waals surface area (Å²) < 4.78 is 40.8. The van der Waals surface area contributed by atoms with Gasteiger partial charge in [-0.25, -0.2) is 12.8 Å². The number of hydrogen-bond acceptors (Lipinski definition) is 3. The molecule has 0 atom stereocenters. The fraction of sp³-hybridized carbons (Fsp3) is 0.471. The summed E-state index contributed by atoms with van der Waals surface area (Å²) >= 11 is 5.71. The van der Waals surface area contributed by atoms with Crippen LogP contribution in [0.3, 0.4) is 0 Å². The maximum absolute atomic E-state index is 13.6. The molecule has 1 aromatic heterocycles. The number of nitrogens with zero attached hydrogens (tertiary/aromatic N) is 2. The monoisotopic (exact) mass is 385 g/mol. The third-order valence-corrected chi connectivity index (χ3v) is 7.21. The van der Waals surface area contributed by atoms with Crippen LogP contribution in [0.4, 0.5) is 4.39 Å². The van der Waals surface area contributed by atoms with E-state index in [0.29, 0.717) is 30.4 Å². The summed E-state index contributed by atoms with van der Waals surface area (Å²) in [6.07, 6.45) is 2.23. The molecule has 1 N–H and O–H groups in total. The van der Waals surface area contributed by atoms with Crippen LogP contribution in [0, 0.1) is 25.6 Å². The Bertz CT molecular complexity index is 855. The molecule has 136 valence electrons. The normalized spacial score (nSPS) is 17.1. The zero-order chi connectivity index (χ0) is 18.2. The highest BCUT2D eigenvalue weighted by atomic mass is 35.5. The van der Waals surface area contributed by atoms with Crippen LogP contribution in [0.2, 0.25) is 5.02 Å². The van der Waals surface area contributed by atoms with Gasteiger partial charge in [0, 0.05) is 13.1 Å². The maximum Gasteiger partial charge on any atom is 0.246 e. The number of halogens is 2. The molecule has 0 saturated carbocycles. The van der Waals surface area contributed by atoms with Gasteiger partial charge in [-0.1, -0.05) is 17.7 Å². The maximum atomic E-state index is 13.6. The highest BCUT2D eigenvalue weighted by Gasteiger charge is 2.32. The number of aromatic nitrogens is 2. The molecule has 1 aromatic carbocycles. The molecule has 0 spiro atoms. The minimum atomic E-state index is -3.53. The first kappa shape index (κ1) is 18.4. The summed E-state index contributed by atoms with van der Waals surface area (Å²) in [5.41, 5.74) is 1.96. The Morgan fingerprint density at radius 1 is 1.32 bits per heavy atom. The minimum Gasteiger partial charge on any atom is -0.281 e. The number of aryl methyl sites for hydroxylation is 2. The van der Waals surface area contributed by atoms with E-state index < -0.39 is 15.8 Å². The van der Waals surface area contributed by atoms with Gasteiger partial charge in [-0.05, 0) is 56.7 Å². The van der Waals surface area contributed by atoms with E-state index in [0.717, 1.165) is 24.8 Å². The standard InChI is InChI=1S/C17H21ClFN3O2S/c1-11-17(12(2)21-20-11)25(23,24)22-7-5-13(6-8-22)9-14-3-4-15(18)16(19)10-14/h3-4,10,13H,5-9H2,1-2H3,(H,20,21). The summed E-state index contributed by atoms with van der Waals surface area (Å²) in [5, 5.41) is 6.84. The van der Waals surface area contributed by atoms with Gasteiger partial charge >= 0.3 is 0 Å². The van der Waals surface area contributed by atoms with Crippen molar-refractivity contribution in [2.24, 2.45) is 5.92 Å². The fourth-order valence-electron chi connectivity index (χ4n) is 3.40. The van der Waals surface area contributed by atoms with Gasteiger partial charge in [0.05, 0.1) is 16.4 Å². The SMILES string of the molecule is Cc1n[nH]c(C)c1S(=O)(=O)N1CCC(Cc2ccc(Cl)c(F)c2)CC1. The van der Waals surface area contributed by atoms with Crippen molar-refractivity contribution in [2.75, 3.05) is 13.1 Å². The third kappa shape index (κ3) is 3.73. The molecular weight excluding hydrogens is 365 g/mol. The van der Waals surface area contributed by atoms with Gasteiger partial charge < -0.3 is 0 Å². The second kappa shape index (κ2) is 7.05. The van der Waals surface area contributed by atoms with Crippen LogP contribution in [-0.4, -0.2) is 36.0 Å². The lowest BCUT2D eigenvalue weighted by atomic mass is 9.91. The van der Waals surface area contributed by atoms with E-state index in [1.165, 1.54) is 10.4 Å². The molecule has 1 fully saturated rings. The molecule has 8 heteroatoms. The zero-order valence-corrected chi connectivity index (χ0v) is 15.8. The third-order valence-electron chi connectivity index (χ3n) is 4.74. The van der Waals surface area contributed by atoms with Crippen LogP contribution < -0.4 is 0 Å². The Kier molecular flexibility index (Phi) is 5.18. The van der Waals surface area contributed by atoms with Gasteiger partial charge in [-0.15, -0.1) is 0 Å². The molecule has 5 nitrogen and oxygen atoms in total. The van der Waals surface area contributed by atoms with E-state index in [1.54, 1.807) is 19.9 Å². The molecule has 0 aliphatic carbocycles. The molecule has 0 unspecified atom stereocenters. The number of piperidine rings is 1. The van der Waals surface area contributed by atoms with E-state index >= 15 is 0 Å². The van der Waals surface area contributed by atoms with E-state index in [4.69, 9.17) is 11.6 Å². The first-order valence-electron chi connectivity index (χ1n) is 8.24. The number of aromatic amines is 1. The number of sulfonamides is 1. The summed E-state index contributed by atoms with van der Waals surface area (Å²) in [6, 6.07) is 4.85. The highest BCUT2D eigenvalue weighted by Crippen LogP contribution is 2.28. The lowest BCUT2D eigenvalue weighted by Gasteiger charge is -2.31. The van der Waals surface area contributed by atoms with Gasteiger partial charge in [-0.2, -0.15) is 9.40 Å². The average Bonchev–Trinajstić information content (AvgIpc) is 2.91. The Hall–Kier alpha value is -1.44. The van der Waals surface area contributed by atoms with Crippen LogP contribution in [0.5, 0.6) is 0 Å². The predicted molar refractivity (Wildman–Crippen MR) is 94.7 cm³/mol. The Morgan fingerprint density at radius 2 is 2.00 bits per heavy atom. The van der Waals surface area contributed by atoms with Crippen LogP contribution in [0.25, 0.3) is 0 Å². The zero-order valence-electron chi connectivity index (χ0n) is 14.2. The summed E-state index contributed by atoms with van der Waals surface area (Å²) in [4.78, 5) is 0.283. The largest absolute Gasteiger partial charge is 0.281 e. The summed E-state index contributed by atoms with van der Waals surface area (Å²) in [7, 11) is -3.53. The molecule has 25 heavy (non-hydrogen) atoms. The lowest BCUT2D eigenvalue weighted by molar-refractivity contribution is 0.272. The van der Waals surface area contributed by atoms with Crippen molar-refractivity contribution in [3.63, 3.8) is 0 Å². The summed E-state index contributed by atoms with van der Waals surface area (Å²) in [6.45, 7) is 4.34. The van der Waals surface area contributed by atoms with Crippen molar-refractivity contribution in [3.8, 4) is 0 Å². The van der Waals surface area contributed by atoms with E-state index in [-0.39, 0.29) is 9.92 Å². The van der Waals surface area contributed by atoms with E-state index in [1.807, 2.05) is 6.07 Å². The van der Waals surface area contributed by atoms with Crippen LogP contribution in [0.15, 0.2) is 23.1 Å². The number of benzene rings is 1. The molecule has 3 rings (SSSR count). The number of H-pyrrole nitrogens is 1. The van der Waals surface area contributed by atoms with Crippen molar-refractivity contribution in [1.82, 2.24) is 14.5 Å². The van der Waals surface area contributed by atoms with Crippen LogP contribution in [0.1, 0.15) is 29.8 Å². The highest BCUT2D eigenvalue weighted by molar-refractivity contribution is 7.89. The number of rotatable bonds is 4. The van der Waals surface area contributed by atoms with E-state index in [2.05, 4.69) is 10.2 Å². The van der Waals surface area contributed by atoms with Crippen molar-refractivity contribution in [1.29, 1.82) is 0 Å². The molecule has 0 bridgehead atoms. The van der Waals surface area contributed by atoms with Crippen molar-refractivity contribution >= 4 is 21.6 Å². The van der Waals surface area contributed by atoms with E-state index in [9.17, 15) is 12.8 Å². The van der Waals surface area contributed by atoms with Crippen molar-refractivity contribution in [3.05, 3.63) is 46.0 Å². The summed E-state index contributed by atoms with van der Waals surface area (Å²) in [5.74, 6) is -0.0799. The number of nitrogens with one attached hydrogen (secondary N) is 1. The second-order valence-corrected chi connectivity index (χ2v) is 8.85. The van der Waals surface area contributed by atoms with Gasteiger partial charge in [0.2, 0.25) is 10.0 Å². The Balaban J connectivity index is 1.66. The first-order valence-corrected chi connectivity index (χ1v) is 10.1. The van der Waals surface area contributed by atoms with Crippen LogP contribution >= 0.6 is 11.6 Å². The fourth-order valence-corrected chi connectivity index (χ4v) is 5.32. The number of hydrogen-bond donors (Lipinski definition) is 1. The molecule has 2 aromatic rings. The van der Waals surface area contributed by atoms with Crippen molar-refractivity contribution in [2.45, 2.75) is 38.0 Å². The topological polar surface area (TPSA) is 66.1 Å². The smallest absolute Gasteiger partial charge is 0.246 e. The predicted octanol–water partition coefficient (Wildman–Crippen LogP) is 3.46. The Labute approximate surface area is 152 Å². The molecule has 1 saturated heterocycles. The molecule has 0 amide bonds. The molecule has 2 heterocycles. The average molecular weight is 386 g/mol. The quantitative estimate of drug-likeness (QED) is 0.876. The second-order valence-electron chi connectivity index (χ2n) is 6.56. The molecule has 1 aliphatic rings. The van der Waals surface area contributed by atoms with Gasteiger partial charge in [-0.3, -0.25) is 5.10 Å². The first-order chi connectivity index (χ1) is 11.8. The van der Waals surface area contributed by atoms with Crippen molar-refractivity contribution < 1.29 is 12.8 Å². The molecule has 0 radical (unpaired) electrons. The lowest BCUT2D eigenvalue weighted by Crippen LogP contribution is -2.39. The molecule has 1 aliphatic heterocycles.